The summed E-state index contributed by atoms with van der Waals surface area (Å²) in [4.78, 5) is 22.2. The summed E-state index contributed by atoms with van der Waals surface area (Å²) in [6.07, 6.45) is -2.09. The smallest absolute Gasteiger partial charge is 0.337 e. The van der Waals surface area contributed by atoms with Gasteiger partial charge in [-0.25, -0.2) is 4.79 Å². The molecule has 1 aromatic rings. The van der Waals surface area contributed by atoms with Crippen LogP contribution in [-0.4, -0.2) is 49.0 Å². The monoisotopic (exact) mass is 311 g/mol. The van der Waals surface area contributed by atoms with Gasteiger partial charge >= 0.3 is 5.97 Å². The van der Waals surface area contributed by atoms with Crippen LogP contribution in [0.3, 0.4) is 0 Å². The average Bonchev–Trinajstić information content (AvgIpc) is 2.52. The van der Waals surface area contributed by atoms with Gasteiger partial charge in [0.1, 0.15) is 11.9 Å². The number of carbonyl (C=O) groups is 2. The number of nitrogens with one attached hydrogen (secondary N) is 1. The third kappa shape index (κ3) is 4.71. The number of aliphatic hydroxyl groups is 2. The average molecular weight is 311 g/mol. The molecule has 2 atom stereocenters. The van der Waals surface area contributed by atoms with Crippen molar-refractivity contribution in [3.8, 4) is 5.75 Å². The summed E-state index contributed by atoms with van der Waals surface area (Å²) in [5.41, 5.74) is 0.633. The summed E-state index contributed by atoms with van der Waals surface area (Å²) in [6, 6.07) is 4.41. The van der Waals surface area contributed by atoms with E-state index in [2.05, 4.69) is 10.1 Å². The molecule has 1 aromatic carbocycles. The van der Waals surface area contributed by atoms with E-state index in [1.807, 2.05) is 0 Å². The first-order chi connectivity index (χ1) is 10.4. The summed E-state index contributed by atoms with van der Waals surface area (Å²) in [5, 5.41) is 22.7. The molecule has 22 heavy (non-hydrogen) atoms. The summed E-state index contributed by atoms with van der Waals surface area (Å²) < 4.78 is 9.76. The topological polar surface area (TPSA) is 105 Å². The van der Waals surface area contributed by atoms with Gasteiger partial charge in [0.25, 0.3) is 0 Å². The second kappa shape index (κ2) is 8.35. The molecule has 0 saturated carbocycles. The van der Waals surface area contributed by atoms with Crippen molar-refractivity contribution in [1.29, 1.82) is 0 Å². The summed E-state index contributed by atoms with van der Waals surface area (Å²) in [6.45, 7) is 1.62. The fourth-order valence-electron chi connectivity index (χ4n) is 1.96. The van der Waals surface area contributed by atoms with E-state index in [0.717, 1.165) is 0 Å². The minimum atomic E-state index is -1.20. The van der Waals surface area contributed by atoms with Crippen molar-refractivity contribution in [2.75, 3.05) is 20.8 Å². The molecular formula is C15H21NO6. The molecule has 0 radical (unpaired) electrons. The molecular weight excluding hydrogens is 290 g/mol. The van der Waals surface area contributed by atoms with E-state index in [0.29, 0.717) is 5.56 Å². The maximum atomic E-state index is 11.5. The van der Waals surface area contributed by atoms with Crippen LogP contribution in [0.15, 0.2) is 18.2 Å². The Morgan fingerprint density at radius 2 is 1.95 bits per heavy atom. The molecule has 0 aromatic heterocycles. The van der Waals surface area contributed by atoms with E-state index in [9.17, 15) is 19.8 Å². The van der Waals surface area contributed by atoms with E-state index in [1.165, 1.54) is 39.3 Å². The van der Waals surface area contributed by atoms with Crippen LogP contribution in [-0.2, 0) is 9.53 Å². The van der Waals surface area contributed by atoms with Crippen LogP contribution in [0.5, 0.6) is 5.75 Å². The summed E-state index contributed by atoms with van der Waals surface area (Å²) in [7, 11) is 2.67. The van der Waals surface area contributed by atoms with Crippen molar-refractivity contribution >= 4 is 11.9 Å². The lowest BCUT2D eigenvalue weighted by molar-refractivity contribution is -0.119. The molecule has 7 heteroatoms. The van der Waals surface area contributed by atoms with Crippen LogP contribution in [0.25, 0.3) is 0 Å². The zero-order valence-corrected chi connectivity index (χ0v) is 12.8. The van der Waals surface area contributed by atoms with Gasteiger partial charge in [-0.15, -0.1) is 0 Å². The first-order valence-electron chi connectivity index (χ1n) is 6.77. The van der Waals surface area contributed by atoms with E-state index in [4.69, 9.17) is 4.74 Å². The molecule has 0 aliphatic heterocycles. The lowest BCUT2D eigenvalue weighted by Crippen LogP contribution is -2.27. The molecule has 0 saturated heterocycles. The number of esters is 1. The number of aliphatic hydroxyl groups excluding tert-OH is 2. The number of ether oxygens (including phenoxy) is 2. The number of rotatable bonds is 7. The highest BCUT2D eigenvalue weighted by Crippen LogP contribution is 2.29. The highest BCUT2D eigenvalue weighted by atomic mass is 16.5. The number of carbonyl (C=O) groups excluding carboxylic acids is 2. The molecule has 0 bridgehead atoms. The van der Waals surface area contributed by atoms with Crippen LogP contribution in [0.1, 0.15) is 35.4 Å². The van der Waals surface area contributed by atoms with Crippen LogP contribution < -0.4 is 10.1 Å². The first kappa shape index (κ1) is 17.9. The Hall–Kier alpha value is -2.12. The number of amides is 1. The van der Waals surface area contributed by atoms with Crippen molar-refractivity contribution in [2.45, 2.75) is 25.6 Å². The summed E-state index contributed by atoms with van der Waals surface area (Å²) >= 11 is 0. The molecule has 2 unspecified atom stereocenters. The van der Waals surface area contributed by atoms with E-state index < -0.39 is 18.2 Å². The molecule has 7 nitrogen and oxygen atoms in total. The number of hydrogen-bond donors (Lipinski definition) is 3. The second-order valence-corrected chi connectivity index (χ2v) is 4.73. The Morgan fingerprint density at radius 1 is 1.27 bits per heavy atom. The van der Waals surface area contributed by atoms with Crippen LogP contribution >= 0.6 is 0 Å². The molecule has 0 spiro atoms. The fraction of sp³-hybridized carbons (Fsp3) is 0.467. The SMILES string of the molecule is COC(=O)c1ccc(C(O)C(O)CCNC(C)=O)c(OC)c1. The van der Waals surface area contributed by atoms with Crippen LogP contribution in [0, 0.1) is 0 Å². The van der Waals surface area contributed by atoms with E-state index in [-0.39, 0.29) is 30.2 Å². The highest BCUT2D eigenvalue weighted by molar-refractivity contribution is 5.89. The van der Waals surface area contributed by atoms with Crippen molar-refractivity contribution in [2.24, 2.45) is 0 Å². The second-order valence-electron chi connectivity index (χ2n) is 4.73. The van der Waals surface area contributed by atoms with Crippen LogP contribution in [0.4, 0.5) is 0 Å². The standard InChI is InChI=1S/C15H21NO6/c1-9(17)16-7-6-12(18)14(19)11-5-4-10(15(20)22-3)8-13(11)21-2/h4-5,8,12,14,18-19H,6-7H2,1-3H3,(H,16,17). The Bertz CT molecular complexity index is 531. The first-order valence-corrected chi connectivity index (χ1v) is 6.77. The Morgan fingerprint density at radius 3 is 2.50 bits per heavy atom. The molecule has 122 valence electrons. The molecule has 3 N–H and O–H groups in total. The quantitative estimate of drug-likeness (QED) is 0.630. The van der Waals surface area contributed by atoms with Gasteiger partial charge in [0.05, 0.1) is 25.9 Å². The van der Waals surface area contributed by atoms with Gasteiger partial charge in [-0.3, -0.25) is 4.79 Å². The van der Waals surface area contributed by atoms with Crippen molar-refractivity contribution in [3.05, 3.63) is 29.3 Å². The molecule has 1 amide bonds. The minimum absolute atomic E-state index is 0.183. The van der Waals surface area contributed by atoms with Crippen molar-refractivity contribution in [1.82, 2.24) is 5.32 Å². The molecule has 1 rings (SSSR count). The van der Waals surface area contributed by atoms with Gasteiger partial charge in [0.2, 0.25) is 5.91 Å². The van der Waals surface area contributed by atoms with Crippen molar-refractivity contribution in [3.63, 3.8) is 0 Å². The lowest BCUT2D eigenvalue weighted by atomic mass is 9.99. The summed E-state index contributed by atoms with van der Waals surface area (Å²) in [5.74, 6) is -0.457. The minimum Gasteiger partial charge on any atom is -0.496 e. The Kier molecular flexibility index (Phi) is 6.81. The van der Waals surface area contributed by atoms with E-state index >= 15 is 0 Å². The third-order valence-electron chi connectivity index (χ3n) is 3.15. The predicted octanol–water partition coefficient (Wildman–Crippen LogP) is 0.402. The fourth-order valence-corrected chi connectivity index (χ4v) is 1.96. The number of benzene rings is 1. The molecule has 0 heterocycles. The predicted molar refractivity (Wildman–Crippen MR) is 78.6 cm³/mol. The highest BCUT2D eigenvalue weighted by Gasteiger charge is 2.22. The van der Waals surface area contributed by atoms with Gasteiger partial charge in [-0.05, 0) is 18.6 Å². The third-order valence-corrected chi connectivity index (χ3v) is 3.15. The van der Waals surface area contributed by atoms with Crippen molar-refractivity contribution < 1.29 is 29.3 Å². The zero-order valence-electron chi connectivity index (χ0n) is 12.8. The van der Waals surface area contributed by atoms with Gasteiger partial charge < -0.3 is 25.0 Å². The normalized spacial score (nSPS) is 13.1. The molecule has 0 aliphatic rings. The van der Waals surface area contributed by atoms with Gasteiger partial charge in [-0.1, -0.05) is 6.07 Å². The lowest BCUT2D eigenvalue weighted by Gasteiger charge is -2.20. The van der Waals surface area contributed by atoms with Gasteiger partial charge in [0, 0.05) is 19.0 Å². The molecule has 0 fully saturated rings. The number of methoxy groups -OCH3 is 2. The maximum absolute atomic E-state index is 11.5. The van der Waals surface area contributed by atoms with Gasteiger partial charge in [-0.2, -0.15) is 0 Å². The zero-order chi connectivity index (χ0) is 16.7. The van der Waals surface area contributed by atoms with Gasteiger partial charge in [0.15, 0.2) is 0 Å². The number of hydrogen-bond acceptors (Lipinski definition) is 6. The maximum Gasteiger partial charge on any atom is 0.337 e. The largest absolute Gasteiger partial charge is 0.496 e. The molecule has 0 aliphatic carbocycles. The Labute approximate surface area is 128 Å². The van der Waals surface area contributed by atoms with Crippen LogP contribution in [0.2, 0.25) is 0 Å². The Balaban J connectivity index is 2.85. The van der Waals surface area contributed by atoms with E-state index in [1.54, 1.807) is 0 Å².